The molecule has 7 heteroatoms. The molecule has 0 radical (unpaired) electrons. The van der Waals surface area contributed by atoms with E-state index in [0.717, 1.165) is 11.8 Å². The molecule has 128 valence electrons. The van der Waals surface area contributed by atoms with Crippen LogP contribution in [-0.2, 0) is 10.0 Å². The van der Waals surface area contributed by atoms with Crippen molar-refractivity contribution >= 4 is 33.2 Å². The summed E-state index contributed by atoms with van der Waals surface area (Å²) < 4.78 is 25.0. The second-order valence-corrected chi connectivity index (χ2v) is 7.75. The number of hydrogen-bond acceptors (Lipinski definition) is 3. The molecule has 0 saturated heterocycles. The van der Waals surface area contributed by atoms with Crippen LogP contribution >= 0.6 is 11.6 Å². The Kier molecular flexibility index (Phi) is 5.85. The summed E-state index contributed by atoms with van der Waals surface area (Å²) in [5.74, 6) is -0.123. The molecule has 0 fully saturated rings. The summed E-state index contributed by atoms with van der Waals surface area (Å²) in [7, 11) is -3.47. The van der Waals surface area contributed by atoms with Gasteiger partial charge in [-0.05, 0) is 29.7 Å². The third-order valence-corrected chi connectivity index (χ3v) is 4.38. The molecule has 0 heterocycles. The molecule has 5 nitrogen and oxygen atoms in total. The smallest absolute Gasteiger partial charge is 0.251 e. The quantitative estimate of drug-likeness (QED) is 0.824. The van der Waals surface area contributed by atoms with E-state index >= 15 is 0 Å². The van der Waals surface area contributed by atoms with Crippen molar-refractivity contribution in [3.8, 4) is 0 Å². The summed E-state index contributed by atoms with van der Waals surface area (Å²) in [5.41, 5.74) is 1.65. The van der Waals surface area contributed by atoms with Crippen molar-refractivity contribution in [3.63, 3.8) is 0 Å². The van der Waals surface area contributed by atoms with E-state index < -0.39 is 10.0 Å². The maximum atomic E-state index is 12.3. The van der Waals surface area contributed by atoms with Crippen molar-refractivity contribution < 1.29 is 13.2 Å². The molecular weight excluding hydrogens is 348 g/mol. The van der Waals surface area contributed by atoms with Crippen molar-refractivity contribution in [1.82, 2.24) is 5.32 Å². The Bertz CT molecular complexity index is 823. The molecular formula is C17H19ClN2O3S. The fraction of sp³-hybridized carbons (Fsp3) is 0.235. The van der Waals surface area contributed by atoms with Crippen LogP contribution < -0.4 is 10.0 Å². The number of rotatable bonds is 6. The van der Waals surface area contributed by atoms with Gasteiger partial charge in [0, 0.05) is 12.1 Å². The molecule has 2 aromatic carbocycles. The van der Waals surface area contributed by atoms with E-state index in [1.54, 1.807) is 6.07 Å². The van der Waals surface area contributed by atoms with E-state index in [0.29, 0.717) is 12.1 Å². The second-order valence-electron chi connectivity index (χ2n) is 5.59. The van der Waals surface area contributed by atoms with Gasteiger partial charge in [-0.25, -0.2) is 8.42 Å². The first-order chi connectivity index (χ1) is 11.3. The van der Waals surface area contributed by atoms with Crippen LogP contribution in [0, 0.1) is 0 Å². The van der Waals surface area contributed by atoms with E-state index in [1.807, 2.05) is 37.3 Å². The van der Waals surface area contributed by atoms with Gasteiger partial charge in [-0.2, -0.15) is 0 Å². The first-order valence-electron chi connectivity index (χ1n) is 7.37. The number of carbonyl (C=O) groups excluding carboxylic acids is 1. The zero-order valence-corrected chi connectivity index (χ0v) is 15.0. The topological polar surface area (TPSA) is 75.3 Å². The summed E-state index contributed by atoms with van der Waals surface area (Å²) in [6.45, 7) is 2.49. The Morgan fingerprint density at radius 1 is 1.17 bits per heavy atom. The van der Waals surface area contributed by atoms with E-state index in [-0.39, 0.29) is 22.5 Å². The molecule has 1 atom stereocenters. The summed E-state index contributed by atoms with van der Waals surface area (Å²) in [4.78, 5) is 12.3. The molecule has 1 unspecified atom stereocenters. The lowest BCUT2D eigenvalue weighted by atomic mass is 10.0. The summed E-state index contributed by atoms with van der Waals surface area (Å²) >= 11 is 5.96. The molecule has 0 aromatic heterocycles. The van der Waals surface area contributed by atoms with Gasteiger partial charge in [-0.3, -0.25) is 9.52 Å². The van der Waals surface area contributed by atoms with Crippen LogP contribution in [0.25, 0.3) is 0 Å². The monoisotopic (exact) mass is 366 g/mol. The molecule has 2 rings (SSSR count). The van der Waals surface area contributed by atoms with Crippen molar-refractivity contribution in [2.24, 2.45) is 0 Å². The fourth-order valence-corrected chi connectivity index (χ4v) is 2.98. The van der Waals surface area contributed by atoms with Gasteiger partial charge in [0.15, 0.2) is 0 Å². The second kappa shape index (κ2) is 7.68. The van der Waals surface area contributed by atoms with Crippen molar-refractivity contribution in [2.75, 3.05) is 17.5 Å². The highest BCUT2D eigenvalue weighted by molar-refractivity contribution is 7.92. The van der Waals surface area contributed by atoms with Gasteiger partial charge in [0.2, 0.25) is 10.0 Å². The Hall–Kier alpha value is -2.05. The zero-order valence-electron chi connectivity index (χ0n) is 13.4. The third-order valence-electron chi connectivity index (χ3n) is 3.46. The lowest BCUT2D eigenvalue weighted by Crippen LogP contribution is -2.27. The van der Waals surface area contributed by atoms with Crippen LogP contribution in [0.1, 0.15) is 28.8 Å². The molecule has 2 aromatic rings. The van der Waals surface area contributed by atoms with Crippen LogP contribution in [-0.4, -0.2) is 27.1 Å². The van der Waals surface area contributed by atoms with Crippen LogP contribution in [0.3, 0.4) is 0 Å². The normalized spacial score (nSPS) is 12.5. The van der Waals surface area contributed by atoms with Gasteiger partial charge >= 0.3 is 0 Å². The number of carbonyl (C=O) groups is 1. The number of benzene rings is 2. The SMILES string of the molecule is CC(CNC(=O)c1ccc(Cl)c(NS(C)(=O)=O)c1)c1ccccc1. The molecule has 24 heavy (non-hydrogen) atoms. The van der Waals surface area contributed by atoms with E-state index in [1.165, 1.54) is 12.1 Å². The molecule has 0 saturated carbocycles. The highest BCUT2D eigenvalue weighted by Crippen LogP contribution is 2.24. The molecule has 0 aliphatic rings. The maximum Gasteiger partial charge on any atom is 0.251 e. The Balaban J connectivity index is 2.06. The summed E-state index contributed by atoms with van der Waals surface area (Å²) in [6, 6.07) is 14.3. The van der Waals surface area contributed by atoms with Gasteiger partial charge in [-0.15, -0.1) is 0 Å². The van der Waals surface area contributed by atoms with Crippen LogP contribution in [0.4, 0.5) is 5.69 Å². The van der Waals surface area contributed by atoms with E-state index in [4.69, 9.17) is 11.6 Å². The van der Waals surface area contributed by atoms with Crippen LogP contribution in [0.5, 0.6) is 0 Å². The Morgan fingerprint density at radius 3 is 2.46 bits per heavy atom. The first-order valence-corrected chi connectivity index (χ1v) is 9.63. The van der Waals surface area contributed by atoms with Gasteiger partial charge < -0.3 is 5.32 Å². The average Bonchev–Trinajstić information content (AvgIpc) is 2.54. The number of halogens is 1. The average molecular weight is 367 g/mol. The number of anilines is 1. The Morgan fingerprint density at radius 2 is 1.83 bits per heavy atom. The third kappa shape index (κ3) is 5.25. The molecule has 0 aliphatic carbocycles. The molecule has 0 aliphatic heterocycles. The maximum absolute atomic E-state index is 12.3. The highest BCUT2D eigenvalue weighted by atomic mass is 35.5. The lowest BCUT2D eigenvalue weighted by Gasteiger charge is -2.14. The van der Waals surface area contributed by atoms with E-state index in [2.05, 4.69) is 10.0 Å². The fourth-order valence-electron chi connectivity index (χ4n) is 2.19. The number of amides is 1. The Labute approximate surface area is 147 Å². The van der Waals surface area contributed by atoms with Crippen molar-refractivity contribution in [1.29, 1.82) is 0 Å². The van der Waals surface area contributed by atoms with Crippen molar-refractivity contribution in [3.05, 3.63) is 64.7 Å². The minimum atomic E-state index is -3.47. The number of nitrogens with one attached hydrogen (secondary N) is 2. The van der Waals surface area contributed by atoms with Gasteiger partial charge in [0.25, 0.3) is 5.91 Å². The molecule has 0 bridgehead atoms. The number of sulfonamides is 1. The standard InChI is InChI=1S/C17H19ClN2O3S/c1-12(13-6-4-3-5-7-13)11-19-17(21)14-8-9-15(18)16(10-14)20-24(2,22)23/h3-10,12,20H,11H2,1-2H3,(H,19,21). The summed E-state index contributed by atoms with van der Waals surface area (Å²) in [6.07, 6.45) is 1.03. The largest absolute Gasteiger partial charge is 0.351 e. The molecule has 1 amide bonds. The lowest BCUT2D eigenvalue weighted by molar-refractivity contribution is 0.0951. The minimum absolute atomic E-state index is 0.163. The van der Waals surface area contributed by atoms with Crippen LogP contribution in [0.15, 0.2) is 48.5 Å². The van der Waals surface area contributed by atoms with Gasteiger partial charge in [-0.1, -0.05) is 48.9 Å². The van der Waals surface area contributed by atoms with Gasteiger partial charge in [0.05, 0.1) is 17.0 Å². The molecule has 2 N–H and O–H groups in total. The highest BCUT2D eigenvalue weighted by Gasteiger charge is 2.13. The predicted molar refractivity (Wildman–Crippen MR) is 97.1 cm³/mol. The zero-order chi connectivity index (χ0) is 17.7. The first kappa shape index (κ1) is 18.3. The molecule has 0 spiro atoms. The summed E-state index contributed by atoms with van der Waals surface area (Å²) in [5, 5.41) is 3.08. The van der Waals surface area contributed by atoms with E-state index in [9.17, 15) is 13.2 Å². The van der Waals surface area contributed by atoms with Crippen LogP contribution in [0.2, 0.25) is 5.02 Å². The van der Waals surface area contributed by atoms with Gasteiger partial charge in [0.1, 0.15) is 0 Å². The van der Waals surface area contributed by atoms with Crippen molar-refractivity contribution in [2.45, 2.75) is 12.8 Å². The predicted octanol–water partition coefficient (Wildman–Crippen LogP) is 3.25. The minimum Gasteiger partial charge on any atom is -0.351 e. The number of hydrogen-bond donors (Lipinski definition) is 2.